The van der Waals surface area contributed by atoms with Crippen LogP contribution in [0.5, 0.6) is 0 Å². The van der Waals surface area contributed by atoms with Crippen molar-refractivity contribution in [2.45, 2.75) is 19.4 Å². The summed E-state index contributed by atoms with van der Waals surface area (Å²) >= 11 is 2.99. The number of halogens is 3. The van der Waals surface area contributed by atoms with Gasteiger partial charge in [-0.15, -0.1) is 0 Å². The van der Waals surface area contributed by atoms with Gasteiger partial charge >= 0.3 is 0 Å². The van der Waals surface area contributed by atoms with E-state index in [0.717, 1.165) is 18.1 Å². The lowest BCUT2D eigenvalue weighted by Crippen LogP contribution is -2.19. The molecule has 0 spiro atoms. The Morgan fingerprint density at radius 1 is 1.10 bits per heavy atom. The molecule has 0 heterocycles. The van der Waals surface area contributed by atoms with Crippen LogP contribution < -0.4 is 5.32 Å². The molecule has 2 rings (SSSR count). The summed E-state index contributed by atoms with van der Waals surface area (Å²) < 4.78 is 27.8. The minimum absolute atomic E-state index is 0.134. The summed E-state index contributed by atoms with van der Waals surface area (Å²) in [5, 5.41) is 3.04. The molecule has 20 heavy (non-hydrogen) atoms. The van der Waals surface area contributed by atoms with Gasteiger partial charge < -0.3 is 5.32 Å². The predicted octanol–water partition coefficient (Wildman–Crippen LogP) is 4.60. The molecule has 4 heteroatoms. The summed E-state index contributed by atoms with van der Waals surface area (Å²) in [4.78, 5) is 0. The molecule has 1 N–H and O–H groups in total. The van der Waals surface area contributed by atoms with E-state index in [2.05, 4.69) is 28.2 Å². The summed E-state index contributed by atoms with van der Waals surface area (Å²) in [6.07, 6.45) is 0.950. The van der Waals surface area contributed by atoms with Crippen LogP contribution in [0, 0.1) is 11.6 Å². The number of benzene rings is 2. The maximum Gasteiger partial charge on any atom is 0.137 e. The van der Waals surface area contributed by atoms with Gasteiger partial charge in [0.1, 0.15) is 11.6 Å². The first kappa shape index (κ1) is 15.1. The van der Waals surface area contributed by atoms with Crippen molar-refractivity contribution in [2.75, 3.05) is 7.05 Å². The normalized spacial score (nSPS) is 12.4. The molecule has 0 bridgehead atoms. The smallest absolute Gasteiger partial charge is 0.137 e. The highest BCUT2D eigenvalue weighted by Gasteiger charge is 2.18. The predicted molar refractivity (Wildman–Crippen MR) is 80.8 cm³/mol. The molecule has 0 amide bonds. The molecule has 0 radical (unpaired) electrons. The fourth-order valence-corrected chi connectivity index (χ4v) is 2.52. The first-order valence-electron chi connectivity index (χ1n) is 6.47. The summed E-state index contributed by atoms with van der Waals surface area (Å²) in [5.41, 5.74) is 2.42. The maximum atomic E-state index is 14.1. The minimum Gasteiger partial charge on any atom is -0.309 e. The van der Waals surface area contributed by atoms with Crippen molar-refractivity contribution in [3.8, 4) is 0 Å². The lowest BCUT2D eigenvalue weighted by atomic mass is 9.97. The molecule has 2 aromatic carbocycles. The van der Waals surface area contributed by atoms with E-state index in [1.807, 2.05) is 24.3 Å². The van der Waals surface area contributed by atoms with Crippen molar-refractivity contribution in [3.63, 3.8) is 0 Å². The van der Waals surface area contributed by atoms with Crippen LogP contribution in [0.1, 0.15) is 29.7 Å². The minimum atomic E-state index is -0.466. The van der Waals surface area contributed by atoms with Crippen molar-refractivity contribution >= 4 is 15.9 Å². The average Bonchev–Trinajstić information content (AvgIpc) is 2.46. The van der Waals surface area contributed by atoms with E-state index in [1.54, 1.807) is 7.05 Å². The highest BCUT2D eigenvalue weighted by molar-refractivity contribution is 9.10. The van der Waals surface area contributed by atoms with Crippen LogP contribution in [0.2, 0.25) is 0 Å². The largest absolute Gasteiger partial charge is 0.309 e. The van der Waals surface area contributed by atoms with E-state index >= 15 is 0 Å². The molecule has 1 atom stereocenters. The van der Waals surface area contributed by atoms with E-state index in [1.165, 1.54) is 11.6 Å². The van der Waals surface area contributed by atoms with Crippen molar-refractivity contribution in [1.29, 1.82) is 0 Å². The van der Waals surface area contributed by atoms with Crippen molar-refractivity contribution in [1.82, 2.24) is 5.32 Å². The van der Waals surface area contributed by atoms with Crippen LogP contribution in [0.3, 0.4) is 0 Å². The van der Waals surface area contributed by atoms with Crippen LogP contribution in [0.4, 0.5) is 8.78 Å². The Hall–Kier alpha value is -1.26. The van der Waals surface area contributed by atoms with E-state index in [9.17, 15) is 8.78 Å². The lowest BCUT2D eigenvalue weighted by molar-refractivity contribution is 0.554. The Balaban J connectivity index is 2.43. The molecule has 0 saturated heterocycles. The van der Waals surface area contributed by atoms with E-state index in [0.29, 0.717) is 5.56 Å². The number of rotatable bonds is 4. The zero-order chi connectivity index (χ0) is 14.7. The molecular formula is C16H16BrF2N. The molecule has 2 aromatic rings. The summed E-state index contributed by atoms with van der Waals surface area (Å²) in [6.45, 7) is 2.08. The molecule has 0 saturated carbocycles. The van der Waals surface area contributed by atoms with Crippen LogP contribution in [0.25, 0.3) is 0 Å². The second-order valence-electron chi connectivity index (χ2n) is 4.60. The van der Waals surface area contributed by atoms with Gasteiger partial charge in [0.2, 0.25) is 0 Å². The number of hydrogen-bond donors (Lipinski definition) is 1. The Bertz CT molecular complexity index is 596. The van der Waals surface area contributed by atoms with Gasteiger partial charge in [-0.2, -0.15) is 0 Å². The quantitative estimate of drug-likeness (QED) is 0.802. The van der Waals surface area contributed by atoms with E-state index < -0.39 is 11.6 Å². The van der Waals surface area contributed by atoms with Crippen LogP contribution in [-0.4, -0.2) is 7.05 Å². The molecule has 0 aromatic heterocycles. The van der Waals surface area contributed by atoms with Crippen LogP contribution >= 0.6 is 15.9 Å². The first-order chi connectivity index (χ1) is 9.56. The van der Waals surface area contributed by atoms with E-state index in [-0.39, 0.29) is 10.5 Å². The standard InChI is InChI=1S/C16H16BrF2N/c1-3-10-4-6-11(7-5-10)16(20-2)12-8-15(19)13(17)9-14(12)18/h4-9,16,20H,3H2,1-2H3. The Morgan fingerprint density at radius 3 is 2.30 bits per heavy atom. The summed E-state index contributed by atoms with van der Waals surface area (Å²) in [7, 11) is 1.73. The van der Waals surface area contributed by atoms with Gasteiger partial charge in [-0.25, -0.2) is 8.78 Å². The molecular weight excluding hydrogens is 324 g/mol. The van der Waals surface area contributed by atoms with Crippen molar-refractivity contribution in [3.05, 3.63) is 69.2 Å². The van der Waals surface area contributed by atoms with Gasteiger partial charge in [0.15, 0.2) is 0 Å². The molecule has 0 aliphatic rings. The first-order valence-corrected chi connectivity index (χ1v) is 7.26. The molecule has 0 aliphatic carbocycles. The van der Waals surface area contributed by atoms with Gasteiger partial charge in [-0.1, -0.05) is 31.2 Å². The van der Waals surface area contributed by atoms with Gasteiger partial charge in [0.25, 0.3) is 0 Å². The highest BCUT2D eigenvalue weighted by atomic mass is 79.9. The number of aryl methyl sites for hydroxylation is 1. The van der Waals surface area contributed by atoms with E-state index in [4.69, 9.17) is 0 Å². The van der Waals surface area contributed by atoms with Crippen LogP contribution in [-0.2, 0) is 6.42 Å². The zero-order valence-corrected chi connectivity index (χ0v) is 13.0. The third-order valence-corrected chi connectivity index (χ3v) is 3.97. The average molecular weight is 340 g/mol. The highest BCUT2D eigenvalue weighted by Crippen LogP contribution is 2.28. The molecule has 1 unspecified atom stereocenters. The van der Waals surface area contributed by atoms with Crippen molar-refractivity contribution in [2.24, 2.45) is 0 Å². The molecule has 1 nitrogen and oxygen atoms in total. The lowest BCUT2D eigenvalue weighted by Gasteiger charge is -2.18. The SMILES string of the molecule is CCc1ccc(C(NC)c2cc(F)c(Br)cc2F)cc1. The fraction of sp³-hybridized carbons (Fsp3) is 0.250. The number of hydrogen-bond acceptors (Lipinski definition) is 1. The van der Waals surface area contributed by atoms with Gasteiger partial charge in [0.05, 0.1) is 10.5 Å². The zero-order valence-electron chi connectivity index (χ0n) is 11.4. The molecule has 0 aliphatic heterocycles. The Morgan fingerprint density at radius 2 is 1.75 bits per heavy atom. The van der Waals surface area contributed by atoms with Gasteiger partial charge in [-0.05, 0) is 52.7 Å². The topological polar surface area (TPSA) is 12.0 Å². The molecule has 106 valence electrons. The third-order valence-electron chi connectivity index (χ3n) is 3.36. The number of nitrogens with one attached hydrogen (secondary N) is 1. The summed E-state index contributed by atoms with van der Waals surface area (Å²) in [6, 6.07) is 9.92. The maximum absolute atomic E-state index is 14.1. The van der Waals surface area contributed by atoms with Crippen molar-refractivity contribution < 1.29 is 8.78 Å². The Labute approximate surface area is 126 Å². The monoisotopic (exact) mass is 339 g/mol. The Kier molecular flexibility index (Phi) is 4.89. The van der Waals surface area contributed by atoms with Gasteiger partial charge in [0, 0.05) is 5.56 Å². The van der Waals surface area contributed by atoms with Gasteiger partial charge in [-0.3, -0.25) is 0 Å². The molecule has 0 fully saturated rings. The summed E-state index contributed by atoms with van der Waals surface area (Å²) in [5.74, 6) is -0.899. The second-order valence-corrected chi connectivity index (χ2v) is 5.46. The fourth-order valence-electron chi connectivity index (χ4n) is 2.21. The third kappa shape index (κ3) is 3.07. The second kappa shape index (κ2) is 6.46. The van der Waals surface area contributed by atoms with Crippen LogP contribution in [0.15, 0.2) is 40.9 Å².